The van der Waals surface area contributed by atoms with Crippen molar-refractivity contribution in [1.82, 2.24) is 5.32 Å². The lowest BCUT2D eigenvalue weighted by Gasteiger charge is -2.17. The molecule has 2 N–H and O–H groups in total. The molecule has 0 bridgehead atoms. The van der Waals surface area contributed by atoms with Crippen LogP contribution in [0.3, 0.4) is 0 Å². The van der Waals surface area contributed by atoms with Gasteiger partial charge in [-0.1, -0.05) is 26.0 Å². The Balaban J connectivity index is 2.52. The summed E-state index contributed by atoms with van der Waals surface area (Å²) in [5.74, 6) is -1.16. The molecular formula is C14H20FNO3. The van der Waals surface area contributed by atoms with E-state index in [1.165, 1.54) is 6.07 Å². The Kier molecular flexibility index (Phi) is 5.76. The normalized spacial score (nSPS) is 12.5. The van der Waals surface area contributed by atoms with Gasteiger partial charge in [-0.15, -0.1) is 0 Å². The van der Waals surface area contributed by atoms with E-state index in [1.54, 1.807) is 19.1 Å². The molecule has 0 aliphatic carbocycles. The van der Waals surface area contributed by atoms with Gasteiger partial charge in [0.05, 0.1) is 6.61 Å². The van der Waals surface area contributed by atoms with Crippen LogP contribution in [0.4, 0.5) is 4.39 Å². The molecule has 1 aromatic carbocycles. The first-order valence-corrected chi connectivity index (χ1v) is 6.28. The molecule has 5 heteroatoms. The Bertz CT molecular complexity index is 435. The quantitative estimate of drug-likeness (QED) is 0.797. The summed E-state index contributed by atoms with van der Waals surface area (Å²) in [6.45, 7) is 5.55. The molecule has 0 aromatic heterocycles. The van der Waals surface area contributed by atoms with E-state index in [0.717, 1.165) is 0 Å². The number of rotatable bonds is 7. The molecule has 0 fully saturated rings. The highest BCUT2D eigenvalue weighted by molar-refractivity contribution is 5.73. The summed E-state index contributed by atoms with van der Waals surface area (Å²) in [6.07, 6.45) is 0.279. The van der Waals surface area contributed by atoms with E-state index < -0.39 is 17.8 Å². The van der Waals surface area contributed by atoms with Crippen LogP contribution >= 0.6 is 0 Å². The molecule has 0 spiro atoms. The molecule has 4 nitrogen and oxygen atoms in total. The van der Waals surface area contributed by atoms with Crippen LogP contribution in [0.5, 0.6) is 5.75 Å². The molecule has 0 heterocycles. The predicted octanol–water partition coefficient (Wildman–Crippen LogP) is 2.35. The van der Waals surface area contributed by atoms with Crippen LogP contribution in [0.2, 0.25) is 0 Å². The highest BCUT2D eigenvalue weighted by atomic mass is 19.1. The van der Waals surface area contributed by atoms with Gasteiger partial charge in [0.1, 0.15) is 6.04 Å². The van der Waals surface area contributed by atoms with Crippen LogP contribution in [-0.4, -0.2) is 29.8 Å². The maximum atomic E-state index is 13.6. The van der Waals surface area contributed by atoms with E-state index in [1.807, 2.05) is 13.8 Å². The van der Waals surface area contributed by atoms with E-state index in [-0.39, 0.29) is 24.8 Å². The van der Waals surface area contributed by atoms with Gasteiger partial charge in [-0.25, -0.2) is 4.39 Å². The van der Waals surface area contributed by atoms with Gasteiger partial charge in [-0.2, -0.15) is 0 Å². The van der Waals surface area contributed by atoms with Crippen LogP contribution in [0.15, 0.2) is 18.2 Å². The number of halogens is 1. The Hall–Kier alpha value is -1.62. The molecule has 0 amide bonds. The van der Waals surface area contributed by atoms with Crippen molar-refractivity contribution in [2.45, 2.75) is 39.3 Å². The molecule has 1 unspecified atom stereocenters. The minimum Gasteiger partial charge on any atom is -0.490 e. The number of hydrogen-bond donors (Lipinski definition) is 2. The van der Waals surface area contributed by atoms with Crippen molar-refractivity contribution in [2.75, 3.05) is 6.61 Å². The summed E-state index contributed by atoms with van der Waals surface area (Å²) in [4.78, 5) is 11.0. The van der Waals surface area contributed by atoms with Crippen LogP contribution in [0.25, 0.3) is 0 Å². The first kappa shape index (κ1) is 15.4. The zero-order valence-electron chi connectivity index (χ0n) is 11.4. The smallest absolute Gasteiger partial charge is 0.320 e. The van der Waals surface area contributed by atoms with Crippen molar-refractivity contribution in [1.29, 1.82) is 0 Å². The Morgan fingerprint density at radius 1 is 1.47 bits per heavy atom. The number of carbonyl (C=O) groups is 1. The number of nitrogens with one attached hydrogen (secondary N) is 1. The lowest BCUT2D eigenvalue weighted by atomic mass is 10.2. The van der Waals surface area contributed by atoms with Crippen LogP contribution in [0.1, 0.15) is 25.8 Å². The second kappa shape index (κ2) is 7.09. The second-order valence-electron chi connectivity index (χ2n) is 4.74. The molecule has 1 aromatic rings. The maximum Gasteiger partial charge on any atom is 0.320 e. The second-order valence-corrected chi connectivity index (χ2v) is 4.74. The molecule has 0 saturated carbocycles. The largest absolute Gasteiger partial charge is 0.490 e. The number of carboxylic acid groups (broad SMARTS) is 1. The molecule has 0 aliphatic heterocycles. The van der Waals surface area contributed by atoms with Gasteiger partial charge in [-0.3, -0.25) is 4.79 Å². The third kappa shape index (κ3) is 4.87. The molecule has 1 rings (SSSR count). The number of benzene rings is 1. The average molecular weight is 269 g/mol. The van der Waals surface area contributed by atoms with Crippen molar-refractivity contribution < 1.29 is 19.0 Å². The number of hydrogen-bond acceptors (Lipinski definition) is 3. The van der Waals surface area contributed by atoms with Gasteiger partial charge in [0.2, 0.25) is 0 Å². The molecule has 106 valence electrons. The minimum absolute atomic E-state index is 0.0665. The van der Waals surface area contributed by atoms with Crippen molar-refractivity contribution >= 4 is 5.97 Å². The summed E-state index contributed by atoms with van der Waals surface area (Å²) in [5, 5.41) is 11.9. The van der Waals surface area contributed by atoms with Gasteiger partial charge in [-0.05, 0) is 18.6 Å². The summed E-state index contributed by atoms with van der Waals surface area (Å²) in [5.41, 5.74) is 0.507. The van der Waals surface area contributed by atoms with Crippen LogP contribution < -0.4 is 10.1 Å². The van der Waals surface area contributed by atoms with Gasteiger partial charge in [0, 0.05) is 12.5 Å². The first-order valence-electron chi connectivity index (χ1n) is 6.28. The fraction of sp³-hybridized carbons (Fsp3) is 0.500. The first-order chi connectivity index (χ1) is 8.91. The van der Waals surface area contributed by atoms with Crippen molar-refractivity contribution in [3.05, 3.63) is 29.6 Å². The summed E-state index contributed by atoms with van der Waals surface area (Å²) < 4.78 is 18.9. The predicted molar refractivity (Wildman–Crippen MR) is 70.9 cm³/mol. The van der Waals surface area contributed by atoms with Gasteiger partial charge < -0.3 is 15.2 Å². The standard InChI is InChI=1S/C14H20FNO3/c1-9(2)16-11(14(17)18)7-8-19-12-6-4-5-10(3)13(12)15/h4-6,9,11,16H,7-8H2,1-3H3,(H,17,18). The van der Waals surface area contributed by atoms with Crippen molar-refractivity contribution in [3.8, 4) is 5.75 Å². The molecular weight excluding hydrogens is 249 g/mol. The van der Waals surface area contributed by atoms with Crippen LogP contribution in [0, 0.1) is 12.7 Å². The lowest BCUT2D eigenvalue weighted by molar-refractivity contribution is -0.140. The Labute approximate surface area is 112 Å². The maximum absolute atomic E-state index is 13.6. The average Bonchev–Trinajstić information content (AvgIpc) is 2.32. The minimum atomic E-state index is -0.929. The zero-order valence-corrected chi connectivity index (χ0v) is 11.4. The third-order valence-corrected chi connectivity index (χ3v) is 2.65. The number of aliphatic carboxylic acids is 1. The fourth-order valence-electron chi connectivity index (χ4n) is 1.70. The van der Waals surface area contributed by atoms with Gasteiger partial charge >= 0.3 is 5.97 Å². The van der Waals surface area contributed by atoms with Gasteiger partial charge in [0.15, 0.2) is 11.6 Å². The highest BCUT2D eigenvalue weighted by Crippen LogP contribution is 2.19. The lowest BCUT2D eigenvalue weighted by Crippen LogP contribution is -2.41. The van der Waals surface area contributed by atoms with Crippen molar-refractivity contribution in [3.63, 3.8) is 0 Å². The Morgan fingerprint density at radius 3 is 2.74 bits per heavy atom. The third-order valence-electron chi connectivity index (χ3n) is 2.65. The molecule has 0 aliphatic rings. The summed E-state index contributed by atoms with van der Waals surface area (Å²) in [7, 11) is 0. The van der Waals surface area contributed by atoms with Crippen LogP contribution in [-0.2, 0) is 4.79 Å². The highest BCUT2D eigenvalue weighted by Gasteiger charge is 2.18. The Morgan fingerprint density at radius 2 is 2.16 bits per heavy atom. The summed E-state index contributed by atoms with van der Waals surface area (Å²) in [6, 6.07) is 4.27. The van der Waals surface area contributed by atoms with E-state index in [9.17, 15) is 9.18 Å². The number of carboxylic acids is 1. The number of aryl methyl sites for hydroxylation is 1. The SMILES string of the molecule is Cc1cccc(OCCC(NC(C)C)C(=O)O)c1F. The van der Waals surface area contributed by atoms with E-state index in [0.29, 0.717) is 5.56 Å². The zero-order chi connectivity index (χ0) is 14.4. The molecule has 19 heavy (non-hydrogen) atoms. The van der Waals surface area contributed by atoms with E-state index in [2.05, 4.69) is 5.32 Å². The topological polar surface area (TPSA) is 58.6 Å². The monoisotopic (exact) mass is 269 g/mol. The number of ether oxygens (including phenoxy) is 1. The van der Waals surface area contributed by atoms with Gasteiger partial charge in [0.25, 0.3) is 0 Å². The van der Waals surface area contributed by atoms with Crippen molar-refractivity contribution in [2.24, 2.45) is 0 Å². The molecule has 1 atom stereocenters. The van der Waals surface area contributed by atoms with E-state index in [4.69, 9.17) is 9.84 Å². The molecule has 0 saturated heterocycles. The summed E-state index contributed by atoms with van der Waals surface area (Å²) >= 11 is 0. The molecule has 0 radical (unpaired) electrons. The fourth-order valence-corrected chi connectivity index (χ4v) is 1.70. The van der Waals surface area contributed by atoms with E-state index >= 15 is 0 Å².